The second-order valence-electron chi connectivity index (χ2n) is 4.63. The molecule has 0 spiro atoms. The van der Waals surface area contributed by atoms with Gasteiger partial charge in [0.05, 0.1) is 16.6 Å². The highest BCUT2D eigenvalue weighted by atomic mass is 32.1. The minimum absolute atomic E-state index is 0.141. The Labute approximate surface area is 128 Å². The van der Waals surface area contributed by atoms with E-state index in [0.717, 1.165) is 4.88 Å². The van der Waals surface area contributed by atoms with Crippen LogP contribution in [0.3, 0.4) is 0 Å². The zero-order valence-electron chi connectivity index (χ0n) is 11.6. The van der Waals surface area contributed by atoms with Crippen molar-refractivity contribution in [2.45, 2.75) is 13.8 Å². The summed E-state index contributed by atoms with van der Waals surface area (Å²) in [4.78, 5) is 34.9. The van der Waals surface area contributed by atoms with Gasteiger partial charge in [0.2, 0.25) is 0 Å². The average Bonchev–Trinajstić information content (AvgIpc) is 2.98. The van der Waals surface area contributed by atoms with Crippen molar-refractivity contribution in [1.82, 2.24) is 14.5 Å². The minimum Gasteiger partial charge on any atom is -0.302 e. The van der Waals surface area contributed by atoms with Crippen LogP contribution in [0, 0.1) is 13.8 Å². The average molecular weight is 320 g/mol. The van der Waals surface area contributed by atoms with Gasteiger partial charge in [-0.05, 0) is 19.4 Å². The predicted molar refractivity (Wildman–Crippen MR) is 84.4 cm³/mol. The van der Waals surface area contributed by atoms with Crippen LogP contribution in [-0.4, -0.2) is 20.4 Å². The second-order valence-corrected chi connectivity index (χ2v) is 6.86. The van der Waals surface area contributed by atoms with Crippen molar-refractivity contribution in [2.75, 3.05) is 5.32 Å². The van der Waals surface area contributed by atoms with Gasteiger partial charge in [-0.25, -0.2) is 9.97 Å². The van der Waals surface area contributed by atoms with Crippen molar-refractivity contribution < 1.29 is 4.79 Å². The van der Waals surface area contributed by atoms with Gasteiger partial charge in [-0.3, -0.25) is 14.9 Å². The van der Waals surface area contributed by atoms with Crippen molar-refractivity contribution in [3.05, 3.63) is 38.2 Å². The summed E-state index contributed by atoms with van der Waals surface area (Å²) in [6.07, 6.45) is 3.17. The second kappa shape index (κ2) is 5.05. The molecule has 3 aromatic rings. The molecule has 0 aliphatic heterocycles. The van der Waals surface area contributed by atoms with Gasteiger partial charge in [0.25, 0.3) is 11.5 Å². The molecule has 3 heterocycles. The Kier molecular flexibility index (Phi) is 3.34. The molecule has 0 bridgehead atoms. The summed E-state index contributed by atoms with van der Waals surface area (Å²) in [7, 11) is 1.64. The fraction of sp³-hybridized carbons (Fsp3) is 0.231. The van der Waals surface area contributed by atoms with E-state index >= 15 is 0 Å². The van der Waals surface area contributed by atoms with Gasteiger partial charge in [-0.2, -0.15) is 0 Å². The number of nitrogens with zero attached hydrogens (tertiary/aromatic N) is 3. The molecule has 0 atom stereocenters. The largest absolute Gasteiger partial charge is 0.302 e. The van der Waals surface area contributed by atoms with Crippen LogP contribution in [0.2, 0.25) is 0 Å². The number of hydrogen-bond donors (Lipinski definition) is 1. The number of fused-ring (bicyclic) bond motifs is 1. The first kappa shape index (κ1) is 13.9. The van der Waals surface area contributed by atoms with Crippen LogP contribution in [0.1, 0.15) is 20.1 Å². The smallest absolute Gasteiger partial charge is 0.267 e. The minimum atomic E-state index is -0.257. The lowest BCUT2D eigenvalue weighted by molar-refractivity contribution is 0.103. The Morgan fingerprint density at radius 1 is 1.29 bits per heavy atom. The molecule has 3 rings (SSSR count). The van der Waals surface area contributed by atoms with Crippen LogP contribution in [0.15, 0.2) is 17.3 Å². The number of anilines is 1. The number of hydrogen-bond acceptors (Lipinski definition) is 6. The Bertz CT molecular complexity index is 907. The first-order valence-corrected chi connectivity index (χ1v) is 7.79. The number of thiazole rings is 1. The van der Waals surface area contributed by atoms with Crippen LogP contribution >= 0.6 is 22.7 Å². The number of nitrogens with one attached hydrogen (secondary N) is 1. The molecule has 3 aromatic heterocycles. The van der Waals surface area contributed by atoms with Gasteiger partial charge < -0.3 is 4.57 Å². The summed E-state index contributed by atoms with van der Waals surface area (Å²) < 4.78 is 1.41. The molecule has 0 aliphatic rings. The summed E-state index contributed by atoms with van der Waals surface area (Å²) in [6.45, 7) is 3.69. The number of carbonyl (C=O) groups excluding carboxylic acids is 1. The standard InChI is InChI=1S/C13H12N4O2S2/c1-6-4-14-13(20-6)16-10(18)9-7(2)8-11(21-9)15-5-17(3)12(8)19/h4-5H,1-3H3,(H,14,16,18). The van der Waals surface area contributed by atoms with Gasteiger partial charge in [0.15, 0.2) is 5.13 Å². The van der Waals surface area contributed by atoms with E-state index in [1.54, 1.807) is 20.2 Å². The third-order valence-corrected chi connectivity index (χ3v) is 5.09. The van der Waals surface area contributed by atoms with Gasteiger partial charge in [0.1, 0.15) is 4.83 Å². The van der Waals surface area contributed by atoms with E-state index < -0.39 is 0 Å². The lowest BCUT2D eigenvalue weighted by Crippen LogP contribution is -2.17. The monoisotopic (exact) mass is 320 g/mol. The first-order chi connectivity index (χ1) is 9.97. The van der Waals surface area contributed by atoms with Gasteiger partial charge >= 0.3 is 0 Å². The molecule has 0 aromatic carbocycles. The molecule has 8 heteroatoms. The highest BCUT2D eigenvalue weighted by Crippen LogP contribution is 2.28. The number of aromatic nitrogens is 3. The molecule has 1 amide bonds. The van der Waals surface area contributed by atoms with Crippen molar-refractivity contribution in [1.29, 1.82) is 0 Å². The fourth-order valence-corrected chi connectivity index (χ4v) is 3.69. The molecule has 0 unspecified atom stereocenters. The van der Waals surface area contributed by atoms with Crippen LogP contribution in [0.4, 0.5) is 5.13 Å². The van der Waals surface area contributed by atoms with Crippen LogP contribution in [0.5, 0.6) is 0 Å². The number of rotatable bonds is 2. The Morgan fingerprint density at radius 2 is 2.05 bits per heavy atom. The molecule has 0 fully saturated rings. The van der Waals surface area contributed by atoms with E-state index in [1.807, 2.05) is 6.92 Å². The molecule has 0 aliphatic carbocycles. The lowest BCUT2D eigenvalue weighted by Gasteiger charge is -2.00. The van der Waals surface area contributed by atoms with E-state index in [4.69, 9.17) is 0 Å². The fourth-order valence-electron chi connectivity index (χ4n) is 1.99. The molecule has 0 radical (unpaired) electrons. The maximum Gasteiger partial charge on any atom is 0.267 e. The number of amides is 1. The maximum atomic E-state index is 12.3. The van der Waals surface area contributed by atoms with Crippen molar-refractivity contribution >= 4 is 43.9 Å². The molecule has 21 heavy (non-hydrogen) atoms. The van der Waals surface area contributed by atoms with Gasteiger partial charge in [-0.15, -0.1) is 22.7 Å². The highest BCUT2D eigenvalue weighted by Gasteiger charge is 2.19. The molecular weight excluding hydrogens is 308 g/mol. The normalized spacial score (nSPS) is 11.0. The van der Waals surface area contributed by atoms with E-state index in [9.17, 15) is 9.59 Å². The SMILES string of the molecule is Cc1cnc(NC(=O)c2sc3ncn(C)c(=O)c3c2C)s1. The topological polar surface area (TPSA) is 76.9 Å². The van der Waals surface area contributed by atoms with Crippen molar-refractivity contribution in [2.24, 2.45) is 7.05 Å². The number of aryl methyl sites for hydroxylation is 3. The first-order valence-electron chi connectivity index (χ1n) is 6.16. The van der Waals surface area contributed by atoms with Crippen LogP contribution in [-0.2, 0) is 7.05 Å². The van der Waals surface area contributed by atoms with Crippen molar-refractivity contribution in [3.8, 4) is 0 Å². The molecule has 0 saturated heterocycles. The van der Waals surface area contributed by atoms with Crippen LogP contribution in [0.25, 0.3) is 10.2 Å². The van der Waals surface area contributed by atoms with Crippen LogP contribution < -0.4 is 10.9 Å². The molecule has 108 valence electrons. The summed E-state index contributed by atoms with van der Waals surface area (Å²) in [5.41, 5.74) is 0.521. The number of carbonyl (C=O) groups is 1. The lowest BCUT2D eigenvalue weighted by atomic mass is 10.2. The summed E-state index contributed by atoms with van der Waals surface area (Å²) in [5, 5.41) is 3.81. The van der Waals surface area contributed by atoms with Gasteiger partial charge in [-0.1, -0.05) is 0 Å². The van der Waals surface area contributed by atoms with E-state index in [-0.39, 0.29) is 11.5 Å². The third-order valence-electron chi connectivity index (χ3n) is 3.06. The quantitative estimate of drug-likeness (QED) is 0.786. The van der Waals surface area contributed by atoms with E-state index in [0.29, 0.717) is 25.8 Å². The molecule has 0 saturated carbocycles. The van der Waals surface area contributed by atoms with Crippen molar-refractivity contribution in [3.63, 3.8) is 0 Å². The molecule has 6 nitrogen and oxygen atoms in total. The Hall–Kier alpha value is -2.06. The number of thiophene rings is 1. The molecular formula is C13H12N4O2S2. The zero-order valence-corrected chi connectivity index (χ0v) is 13.3. The zero-order chi connectivity index (χ0) is 15.1. The Morgan fingerprint density at radius 3 is 2.71 bits per heavy atom. The Balaban J connectivity index is 2.04. The highest BCUT2D eigenvalue weighted by molar-refractivity contribution is 7.21. The molecule has 1 N–H and O–H groups in total. The van der Waals surface area contributed by atoms with Gasteiger partial charge in [0, 0.05) is 18.1 Å². The summed E-state index contributed by atoms with van der Waals surface area (Å²) >= 11 is 2.63. The summed E-state index contributed by atoms with van der Waals surface area (Å²) in [5.74, 6) is -0.257. The predicted octanol–water partition coefficient (Wildman–Crippen LogP) is 2.32. The summed E-state index contributed by atoms with van der Waals surface area (Å²) in [6, 6.07) is 0. The maximum absolute atomic E-state index is 12.3. The van der Waals surface area contributed by atoms with E-state index in [2.05, 4.69) is 15.3 Å². The van der Waals surface area contributed by atoms with E-state index in [1.165, 1.54) is 33.6 Å². The third kappa shape index (κ3) is 2.36.